The first kappa shape index (κ1) is 22.6. The van der Waals surface area contributed by atoms with Crippen molar-refractivity contribution in [2.24, 2.45) is 0 Å². The Balaban J connectivity index is 2.13. The van der Waals surface area contributed by atoms with Crippen LogP contribution in [0.4, 0.5) is 0 Å². The number of hydrogen-bond acceptors (Lipinski definition) is 6. The molecule has 8 heteroatoms. The third-order valence-electron chi connectivity index (χ3n) is 4.00. The molecule has 2 amide bonds. The summed E-state index contributed by atoms with van der Waals surface area (Å²) < 4.78 is 10.1. The van der Waals surface area contributed by atoms with E-state index in [-0.39, 0.29) is 13.1 Å². The van der Waals surface area contributed by atoms with E-state index >= 15 is 0 Å². The third-order valence-corrected chi connectivity index (χ3v) is 4.00. The van der Waals surface area contributed by atoms with Crippen molar-refractivity contribution in [3.05, 3.63) is 71.8 Å². The molecule has 2 atom stereocenters. The fraction of sp³-hybridized carbons (Fsp3) is 0.273. The smallest absolute Gasteiger partial charge is 0.303 e. The van der Waals surface area contributed by atoms with Crippen molar-refractivity contribution in [1.82, 2.24) is 10.6 Å². The number of benzene rings is 2. The maximum Gasteiger partial charge on any atom is 0.303 e. The Labute approximate surface area is 174 Å². The number of rotatable bonds is 9. The Morgan fingerprint density at radius 3 is 1.30 bits per heavy atom. The van der Waals surface area contributed by atoms with Gasteiger partial charge in [-0.05, 0) is 11.1 Å². The number of amides is 2. The second-order valence-electron chi connectivity index (χ2n) is 6.47. The molecule has 0 unspecified atom stereocenters. The molecule has 0 saturated carbocycles. The van der Waals surface area contributed by atoms with Crippen LogP contribution >= 0.6 is 0 Å². The van der Waals surface area contributed by atoms with Gasteiger partial charge in [0.05, 0.1) is 0 Å². The molecule has 0 aromatic heterocycles. The van der Waals surface area contributed by atoms with Gasteiger partial charge >= 0.3 is 11.9 Å². The van der Waals surface area contributed by atoms with Crippen LogP contribution in [0.5, 0.6) is 0 Å². The van der Waals surface area contributed by atoms with Crippen LogP contribution in [0.25, 0.3) is 0 Å². The Hall–Kier alpha value is -3.68. The van der Waals surface area contributed by atoms with Gasteiger partial charge in [0.1, 0.15) is 0 Å². The van der Waals surface area contributed by atoms with Crippen LogP contribution in [0.3, 0.4) is 0 Å². The lowest BCUT2D eigenvalue weighted by Gasteiger charge is -2.24. The summed E-state index contributed by atoms with van der Waals surface area (Å²) in [6.07, 6.45) is -3.27. The third kappa shape index (κ3) is 7.38. The zero-order valence-corrected chi connectivity index (χ0v) is 16.8. The van der Waals surface area contributed by atoms with Crippen LogP contribution in [0.2, 0.25) is 0 Å². The van der Waals surface area contributed by atoms with Crippen LogP contribution in [-0.4, -0.2) is 36.0 Å². The average molecular weight is 412 g/mol. The van der Waals surface area contributed by atoms with E-state index in [0.29, 0.717) is 0 Å². The first-order valence-electron chi connectivity index (χ1n) is 9.34. The normalized spacial score (nSPS) is 12.2. The molecule has 0 aliphatic rings. The summed E-state index contributed by atoms with van der Waals surface area (Å²) >= 11 is 0. The van der Waals surface area contributed by atoms with Crippen molar-refractivity contribution in [3.63, 3.8) is 0 Å². The van der Waals surface area contributed by atoms with Crippen LogP contribution < -0.4 is 10.6 Å². The maximum absolute atomic E-state index is 12.7. The summed E-state index contributed by atoms with van der Waals surface area (Å²) in [5, 5.41) is 5.20. The van der Waals surface area contributed by atoms with Crippen molar-refractivity contribution in [2.45, 2.75) is 39.1 Å². The van der Waals surface area contributed by atoms with Gasteiger partial charge in [-0.25, -0.2) is 0 Å². The average Bonchev–Trinajstić information content (AvgIpc) is 2.74. The van der Waals surface area contributed by atoms with Crippen molar-refractivity contribution in [3.8, 4) is 0 Å². The van der Waals surface area contributed by atoms with Crippen LogP contribution in [0.1, 0.15) is 25.0 Å². The zero-order chi connectivity index (χ0) is 21.9. The number of ether oxygens (including phenoxy) is 2. The molecule has 0 fully saturated rings. The summed E-state index contributed by atoms with van der Waals surface area (Å²) in [5.41, 5.74) is 1.62. The topological polar surface area (TPSA) is 111 Å². The van der Waals surface area contributed by atoms with E-state index in [1.807, 2.05) is 36.4 Å². The molecule has 30 heavy (non-hydrogen) atoms. The molecule has 2 aromatic carbocycles. The lowest BCUT2D eigenvalue weighted by Crippen LogP contribution is -2.53. The van der Waals surface area contributed by atoms with Crippen molar-refractivity contribution in [2.75, 3.05) is 0 Å². The summed E-state index contributed by atoms with van der Waals surface area (Å²) in [6, 6.07) is 18.1. The Morgan fingerprint density at radius 2 is 1.00 bits per heavy atom. The molecule has 158 valence electrons. The van der Waals surface area contributed by atoms with Gasteiger partial charge in [-0.1, -0.05) is 60.7 Å². The fourth-order valence-electron chi connectivity index (χ4n) is 2.63. The zero-order valence-electron chi connectivity index (χ0n) is 16.8. The minimum atomic E-state index is -1.63. The number of hydrogen-bond donors (Lipinski definition) is 2. The number of nitrogens with one attached hydrogen (secondary N) is 2. The van der Waals surface area contributed by atoms with E-state index < -0.39 is 36.0 Å². The maximum atomic E-state index is 12.7. The van der Waals surface area contributed by atoms with Gasteiger partial charge in [0, 0.05) is 26.9 Å². The quantitative estimate of drug-likeness (QED) is 0.604. The van der Waals surface area contributed by atoms with E-state index in [0.717, 1.165) is 25.0 Å². The molecule has 0 spiro atoms. The first-order valence-corrected chi connectivity index (χ1v) is 9.34. The molecular formula is C22H24N2O6. The molecule has 0 radical (unpaired) electrons. The summed E-state index contributed by atoms with van der Waals surface area (Å²) in [6.45, 7) is 2.50. The molecule has 8 nitrogen and oxygen atoms in total. The summed E-state index contributed by atoms with van der Waals surface area (Å²) in [7, 11) is 0. The second kappa shape index (κ2) is 11.4. The lowest BCUT2D eigenvalue weighted by molar-refractivity contribution is -0.174. The van der Waals surface area contributed by atoms with Gasteiger partial charge in [-0.2, -0.15) is 0 Å². The van der Waals surface area contributed by atoms with Gasteiger partial charge in [-0.15, -0.1) is 0 Å². The molecular weight excluding hydrogens is 388 g/mol. The molecule has 0 aliphatic carbocycles. The van der Waals surface area contributed by atoms with Crippen LogP contribution in [0, 0.1) is 0 Å². The molecule has 0 heterocycles. The highest BCUT2D eigenvalue weighted by molar-refractivity contribution is 5.93. The van der Waals surface area contributed by atoms with E-state index in [1.165, 1.54) is 0 Å². The predicted octanol–water partition coefficient (Wildman–Crippen LogP) is 1.48. The summed E-state index contributed by atoms with van der Waals surface area (Å²) in [4.78, 5) is 48.5. The molecule has 2 N–H and O–H groups in total. The van der Waals surface area contributed by atoms with Gasteiger partial charge < -0.3 is 20.1 Å². The van der Waals surface area contributed by atoms with Crippen molar-refractivity contribution < 1.29 is 28.7 Å². The van der Waals surface area contributed by atoms with Gasteiger partial charge in [0.2, 0.25) is 12.2 Å². The predicted molar refractivity (Wildman–Crippen MR) is 108 cm³/mol. The Kier molecular flexibility index (Phi) is 8.56. The van der Waals surface area contributed by atoms with Gasteiger partial charge in [-0.3, -0.25) is 19.2 Å². The van der Waals surface area contributed by atoms with E-state index in [4.69, 9.17) is 9.47 Å². The molecule has 0 bridgehead atoms. The lowest BCUT2D eigenvalue weighted by atomic mass is 10.1. The minimum absolute atomic E-state index is 0.149. The number of carbonyl (C=O) groups is 4. The monoisotopic (exact) mass is 412 g/mol. The summed E-state index contributed by atoms with van der Waals surface area (Å²) in [5.74, 6) is -3.09. The van der Waals surface area contributed by atoms with E-state index in [1.54, 1.807) is 24.3 Å². The second-order valence-corrected chi connectivity index (χ2v) is 6.47. The highest BCUT2D eigenvalue weighted by Crippen LogP contribution is 2.09. The van der Waals surface area contributed by atoms with E-state index in [9.17, 15) is 19.2 Å². The van der Waals surface area contributed by atoms with Crippen LogP contribution in [0.15, 0.2) is 60.7 Å². The number of esters is 2. The molecule has 0 saturated heterocycles. The first-order chi connectivity index (χ1) is 14.4. The fourth-order valence-corrected chi connectivity index (χ4v) is 2.63. The highest BCUT2D eigenvalue weighted by Gasteiger charge is 2.39. The molecule has 2 aromatic rings. The molecule has 2 rings (SSSR count). The van der Waals surface area contributed by atoms with Crippen molar-refractivity contribution >= 4 is 23.8 Å². The number of carbonyl (C=O) groups excluding carboxylic acids is 4. The van der Waals surface area contributed by atoms with Gasteiger partial charge in [0.25, 0.3) is 11.8 Å². The van der Waals surface area contributed by atoms with Gasteiger partial charge in [0.15, 0.2) is 0 Å². The Bertz CT molecular complexity index is 796. The molecule has 0 aliphatic heterocycles. The van der Waals surface area contributed by atoms with Crippen LogP contribution in [-0.2, 0) is 41.7 Å². The largest absolute Gasteiger partial charge is 0.448 e. The van der Waals surface area contributed by atoms with E-state index in [2.05, 4.69) is 10.6 Å². The van der Waals surface area contributed by atoms with Crippen molar-refractivity contribution in [1.29, 1.82) is 0 Å². The standard InChI is InChI=1S/C22H24N2O6/c1-15(25)29-19(21(27)23-13-17-9-5-3-6-10-17)20(30-16(2)26)22(28)24-14-18-11-7-4-8-12-18/h3-12,19-20H,13-14H2,1-2H3,(H,23,27)(H,24,28)/t19-,20-/m1/s1. The minimum Gasteiger partial charge on any atom is -0.448 e. The Morgan fingerprint density at radius 1 is 0.667 bits per heavy atom. The highest BCUT2D eigenvalue weighted by atomic mass is 16.6. The SMILES string of the molecule is CC(=O)O[C@@H](C(=O)NCc1ccccc1)[C@@H](OC(C)=O)C(=O)NCc1ccccc1.